The Kier molecular flexibility index (Phi) is 3.66. The molecule has 19 heavy (non-hydrogen) atoms. The Morgan fingerprint density at radius 3 is 2.79 bits per heavy atom. The van der Waals surface area contributed by atoms with E-state index in [1.54, 1.807) is 19.2 Å². The van der Waals surface area contributed by atoms with Crippen LogP contribution in [0, 0.1) is 0 Å². The van der Waals surface area contributed by atoms with Gasteiger partial charge in [0.15, 0.2) is 0 Å². The molecule has 0 amide bonds. The summed E-state index contributed by atoms with van der Waals surface area (Å²) in [7, 11) is 1.57. The smallest absolute Gasteiger partial charge is 0.337 e. The normalized spacial score (nSPS) is 10.2. The highest BCUT2D eigenvalue weighted by Crippen LogP contribution is 2.13. The lowest BCUT2D eigenvalue weighted by atomic mass is 10.2. The van der Waals surface area contributed by atoms with Crippen molar-refractivity contribution < 1.29 is 14.6 Å². The van der Waals surface area contributed by atoms with Crippen molar-refractivity contribution in [2.75, 3.05) is 7.11 Å². The van der Waals surface area contributed by atoms with Gasteiger partial charge in [0.2, 0.25) is 0 Å². The topological polar surface area (TPSA) is 68.5 Å². The molecule has 1 aromatic heterocycles. The third-order valence-corrected chi connectivity index (χ3v) is 2.72. The summed E-state index contributed by atoms with van der Waals surface area (Å²) < 4.78 is 6.46. The summed E-state index contributed by atoms with van der Waals surface area (Å²) in [5.41, 5.74) is 0.708. The van der Waals surface area contributed by atoms with Crippen LogP contribution >= 0.6 is 0 Å². The maximum atomic E-state index is 11.7. The number of ether oxygens (including phenoxy) is 1. The van der Waals surface area contributed by atoms with Crippen molar-refractivity contribution in [3.63, 3.8) is 0 Å². The molecule has 1 heterocycles. The minimum absolute atomic E-state index is 0.0856. The third-order valence-electron chi connectivity index (χ3n) is 2.72. The number of carboxylic acids is 1. The number of benzene rings is 1. The van der Waals surface area contributed by atoms with Crippen molar-refractivity contribution in [2.24, 2.45) is 0 Å². The second-order valence-corrected chi connectivity index (χ2v) is 4.04. The van der Waals surface area contributed by atoms with Crippen LogP contribution in [-0.2, 0) is 6.54 Å². The van der Waals surface area contributed by atoms with Gasteiger partial charge in [-0.2, -0.15) is 0 Å². The van der Waals surface area contributed by atoms with Crippen LogP contribution in [0.2, 0.25) is 0 Å². The molecule has 0 saturated heterocycles. The molecule has 5 nitrogen and oxygen atoms in total. The lowest BCUT2D eigenvalue weighted by Crippen LogP contribution is -2.20. The van der Waals surface area contributed by atoms with Crippen molar-refractivity contribution >= 4 is 5.97 Å². The summed E-state index contributed by atoms with van der Waals surface area (Å²) in [6.07, 6.45) is 1.34. The van der Waals surface area contributed by atoms with Gasteiger partial charge >= 0.3 is 5.97 Å². The number of nitrogens with zero attached hydrogens (tertiary/aromatic N) is 1. The summed E-state index contributed by atoms with van der Waals surface area (Å²) in [6, 6.07) is 9.83. The van der Waals surface area contributed by atoms with Crippen LogP contribution in [0.4, 0.5) is 0 Å². The van der Waals surface area contributed by atoms with E-state index in [2.05, 4.69) is 0 Å². The van der Waals surface area contributed by atoms with Gasteiger partial charge in [0.25, 0.3) is 5.56 Å². The molecule has 0 aliphatic carbocycles. The summed E-state index contributed by atoms with van der Waals surface area (Å²) in [5, 5.41) is 8.91. The number of methoxy groups -OCH3 is 1. The van der Waals surface area contributed by atoms with Crippen LogP contribution in [0.25, 0.3) is 0 Å². The highest BCUT2D eigenvalue weighted by Gasteiger charge is 2.06. The van der Waals surface area contributed by atoms with Gasteiger partial charge in [0.05, 0.1) is 19.2 Å². The predicted octanol–water partition coefficient (Wildman–Crippen LogP) is 1.60. The SMILES string of the molecule is COc1cccc(Cn2cc(C(=O)O)ccc2=O)c1. The summed E-state index contributed by atoms with van der Waals surface area (Å²) in [4.78, 5) is 22.6. The molecule has 0 fully saturated rings. The van der Waals surface area contributed by atoms with Crippen LogP contribution in [-0.4, -0.2) is 22.8 Å². The Labute approximate surface area is 109 Å². The Bertz CT molecular complexity index is 660. The van der Waals surface area contributed by atoms with Crippen molar-refractivity contribution in [2.45, 2.75) is 6.54 Å². The van der Waals surface area contributed by atoms with Crippen LogP contribution in [0.5, 0.6) is 5.75 Å². The van der Waals surface area contributed by atoms with E-state index in [9.17, 15) is 9.59 Å². The van der Waals surface area contributed by atoms with E-state index in [-0.39, 0.29) is 11.1 Å². The standard InChI is InChI=1S/C14H13NO4/c1-19-12-4-2-3-10(7-12)8-15-9-11(14(17)18)5-6-13(15)16/h2-7,9H,8H2,1H3,(H,17,18). The van der Waals surface area contributed by atoms with Crippen molar-refractivity contribution in [1.82, 2.24) is 4.57 Å². The zero-order valence-electron chi connectivity index (χ0n) is 10.4. The number of aromatic carboxylic acids is 1. The van der Waals surface area contributed by atoms with E-state index in [1.165, 1.54) is 22.9 Å². The van der Waals surface area contributed by atoms with Gasteiger partial charge in [-0.15, -0.1) is 0 Å². The van der Waals surface area contributed by atoms with E-state index < -0.39 is 5.97 Å². The van der Waals surface area contributed by atoms with Crippen LogP contribution in [0.1, 0.15) is 15.9 Å². The Hall–Kier alpha value is -2.56. The maximum absolute atomic E-state index is 11.7. The van der Waals surface area contributed by atoms with Gasteiger partial charge in [-0.25, -0.2) is 4.79 Å². The fourth-order valence-electron chi connectivity index (χ4n) is 1.75. The molecule has 5 heteroatoms. The number of pyridine rings is 1. The molecule has 98 valence electrons. The Morgan fingerprint density at radius 2 is 2.11 bits per heavy atom. The average Bonchev–Trinajstić information content (AvgIpc) is 2.41. The molecule has 0 spiro atoms. The third kappa shape index (κ3) is 3.01. The number of carbonyl (C=O) groups is 1. The fraction of sp³-hybridized carbons (Fsp3) is 0.143. The molecule has 0 atom stereocenters. The minimum Gasteiger partial charge on any atom is -0.497 e. The first-order valence-corrected chi connectivity index (χ1v) is 5.67. The molecular weight excluding hydrogens is 246 g/mol. The summed E-state index contributed by atoms with van der Waals surface area (Å²) in [5.74, 6) is -0.362. The van der Waals surface area contributed by atoms with Crippen LogP contribution in [0.15, 0.2) is 47.4 Å². The van der Waals surface area contributed by atoms with Gasteiger partial charge in [-0.3, -0.25) is 4.79 Å². The molecule has 1 N–H and O–H groups in total. The molecule has 0 aliphatic rings. The van der Waals surface area contributed by atoms with Crippen LogP contribution in [0.3, 0.4) is 0 Å². The Morgan fingerprint density at radius 1 is 1.32 bits per heavy atom. The highest BCUT2D eigenvalue weighted by molar-refractivity contribution is 5.87. The molecule has 0 radical (unpaired) electrons. The maximum Gasteiger partial charge on any atom is 0.337 e. The zero-order chi connectivity index (χ0) is 13.8. The number of hydrogen-bond donors (Lipinski definition) is 1. The molecule has 0 bridgehead atoms. The van der Waals surface area contributed by atoms with Gasteiger partial charge < -0.3 is 14.4 Å². The number of hydrogen-bond acceptors (Lipinski definition) is 3. The Balaban J connectivity index is 2.34. The molecule has 2 rings (SSSR count). The first-order chi connectivity index (χ1) is 9.10. The van der Waals surface area contributed by atoms with Crippen molar-refractivity contribution in [1.29, 1.82) is 0 Å². The quantitative estimate of drug-likeness (QED) is 0.905. The van der Waals surface area contributed by atoms with E-state index in [0.717, 1.165) is 5.56 Å². The second-order valence-electron chi connectivity index (χ2n) is 4.04. The number of rotatable bonds is 4. The predicted molar refractivity (Wildman–Crippen MR) is 69.8 cm³/mol. The molecule has 1 aromatic carbocycles. The van der Waals surface area contributed by atoms with Crippen molar-refractivity contribution in [3.05, 3.63) is 64.1 Å². The largest absolute Gasteiger partial charge is 0.497 e. The van der Waals surface area contributed by atoms with Gasteiger partial charge in [-0.1, -0.05) is 12.1 Å². The molecular formula is C14H13NO4. The van der Waals surface area contributed by atoms with Gasteiger partial charge in [-0.05, 0) is 23.8 Å². The van der Waals surface area contributed by atoms with Gasteiger partial charge in [0.1, 0.15) is 5.75 Å². The lowest BCUT2D eigenvalue weighted by Gasteiger charge is -2.08. The molecule has 0 aliphatic heterocycles. The monoisotopic (exact) mass is 259 g/mol. The first kappa shape index (κ1) is 12.9. The van der Waals surface area contributed by atoms with E-state index in [1.807, 2.05) is 12.1 Å². The zero-order valence-corrected chi connectivity index (χ0v) is 10.4. The second kappa shape index (κ2) is 5.39. The summed E-state index contributed by atoms with van der Waals surface area (Å²) >= 11 is 0. The van der Waals surface area contributed by atoms with E-state index in [0.29, 0.717) is 12.3 Å². The van der Waals surface area contributed by atoms with Crippen molar-refractivity contribution in [3.8, 4) is 5.75 Å². The highest BCUT2D eigenvalue weighted by atomic mass is 16.5. The minimum atomic E-state index is -1.06. The molecule has 2 aromatic rings. The fourth-order valence-corrected chi connectivity index (χ4v) is 1.75. The number of carboxylic acid groups (broad SMARTS) is 1. The summed E-state index contributed by atoms with van der Waals surface area (Å²) in [6.45, 7) is 0.303. The first-order valence-electron chi connectivity index (χ1n) is 5.67. The molecule has 0 saturated carbocycles. The number of aromatic nitrogens is 1. The van der Waals surface area contributed by atoms with E-state index >= 15 is 0 Å². The van der Waals surface area contributed by atoms with Crippen LogP contribution < -0.4 is 10.3 Å². The lowest BCUT2D eigenvalue weighted by molar-refractivity contribution is 0.0696. The van der Waals surface area contributed by atoms with Gasteiger partial charge in [0, 0.05) is 12.3 Å². The molecule has 0 unspecified atom stereocenters. The van der Waals surface area contributed by atoms with E-state index in [4.69, 9.17) is 9.84 Å². The average molecular weight is 259 g/mol.